The molecule has 5 aromatic rings. The molecule has 0 spiro atoms. The van der Waals surface area contributed by atoms with Crippen molar-refractivity contribution in [1.29, 1.82) is 0 Å². The standard InChI is InChI=1S/C25H18FN5O2/c26-19-11-9-18(10-12-19)23-24(31-13-5-4-8-21(31)29-23)30-25(32)20-14-22(28-16-27-20)33-15-17-6-2-1-3-7-17/h1-14,16H,15H2,(H,30,32). The van der Waals surface area contributed by atoms with Crippen LogP contribution >= 0.6 is 0 Å². The van der Waals surface area contributed by atoms with Crippen LogP contribution < -0.4 is 10.1 Å². The molecule has 0 saturated carbocycles. The number of aromatic nitrogens is 4. The van der Waals surface area contributed by atoms with Crippen molar-refractivity contribution < 1.29 is 13.9 Å². The van der Waals surface area contributed by atoms with E-state index in [2.05, 4.69) is 20.3 Å². The van der Waals surface area contributed by atoms with Gasteiger partial charge >= 0.3 is 0 Å². The van der Waals surface area contributed by atoms with Crippen LogP contribution in [0.4, 0.5) is 10.2 Å². The molecule has 7 nitrogen and oxygen atoms in total. The molecule has 1 amide bonds. The summed E-state index contributed by atoms with van der Waals surface area (Å²) >= 11 is 0. The number of hydrogen-bond donors (Lipinski definition) is 1. The zero-order valence-corrected chi connectivity index (χ0v) is 17.4. The Labute approximate surface area is 188 Å². The molecule has 2 aromatic carbocycles. The molecule has 8 heteroatoms. The number of imidazole rings is 1. The van der Waals surface area contributed by atoms with Gasteiger partial charge in [-0.2, -0.15) is 0 Å². The van der Waals surface area contributed by atoms with E-state index in [4.69, 9.17) is 4.74 Å². The number of fused-ring (bicyclic) bond motifs is 1. The lowest BCUT2D eigenvalue weighted by Gasteiger charge is -2.09. The first-order chi connectivity index (χ1) is 16.2. The highest BCUT2D eigenvalue weighted by Crippen LogP contribution is 2.29. The molecule has 0 radical (unpaired) electrons. The smallest absolute Gasteiger partial charge is 0.275 e. The summed E-state index contributed by atoms with van der Waals surface area (Å²) in [4.78, 5) is 25.8. The monoisotopic (exact) mass is 439 g/mol. The predicted octanol–water partition coefficient (Wildman–Crippen LogP) is 4.76. The fourth-order valence-corrected chi connectivity index (χ4v) is 3.37. The topological polar surface area (TPSA) is 81.4 Å². The van der Waals surface area contributed by atoms with Crippen LogP contribution in [0.2, 0.25) is 0 Å². The van der Waals surface area contributed by atoms with Gasteiger partial charge in [-0.1, -0.05) is 36.4 Å². The first-order valence-electron chi connectivity index (χ1n) is 10.2. The largest absolute Gasteiger partial charge is 0.473 e. The Morgan fingerprint density at radius 3 is 2.58 bits per heavy atom. The third-order valence-electron chi connectivity index (χ3n) is 4.98. The van der Waals surface area contributed by atoms with Crippen molar-refractivity contribution in [2.24, 2.45) is 0 Å². The quantitative estimate of drug-likeness (QED) is 0.413. The second-order valence-corrected chi connectivity index (χ2v) is 7.21. The molecule has 0 fully saturated rings. The van der Waals surface area contributed by atoms with Gasteiger partial charge in [0.25, 0.3) is 5.91 Å². The lowest BCUT2D eigenvalue weighted by Crippen LogP contribution is -2.16. The lowest BCUT2D eigenvalue weighted by atomic mass is 10.1. The van der Waals surface area contributed by atoms with E-state index in [-0.39, 0.29) is 17.4 Å². The zero-order chi connectivity index (χ0) is 22.6. The molecular weight excluding hydrogens is 421 g/mol. The van der Waals surface area contributed by atoms with E-state index in [0.29, 0.717) is 29.3 Å². The molecule has 3 heterocycles. The number of ether oxygens (including phenoxy) is 1. The van der Waals surface area contributed by atoms with Crippen LogP contribution in [0, 0.1) is 5.82 Å². The second kappa shape index (κ2) is 8.88. The van der Waals surface area contributed by atoms with E-state index in [1.807, 2.05) is 48.5 Å². The van der Waals surface area contributed by atoms with Crippen LogP contribution in [0.1, 0.15) is 16.1 Å². The maximum Gasteiger partial charge on any atom is 0.275 e. The van der Waals surface area contributed by atoms with Gasteiger partial charge in [-0.05, 0) is 42.0 Å². The highest BCUT2D eigenvalue weighted by molar-refractivity contribution is 6.04. The molecule has 0 aliphatic heterocycles. The maximum absolute atomic E-state index is 13.4. The van der Waals surface area contributed by atoms with Crippen LogP contribution in [0.15, 0.2) is 91.4 Å². The van der Waals surface area contributed by atoms with Crippen molar-refractivity contribution in [1.82, 2.24) is 19.4 Å². The SMILES string of the molecule is O=C(Nc1c(-c2ccc(F)cc2)nc2ccccn12)c1cc(OCc2ccccc2)ncn1. The number of carbonyl (C=O) groups is 1. The molecule has 0 aliphatic carbocycles. The molecule has 5 rings (SSSR count). The fourth-order valence-electron chi connectivity index (χ4n) is 3.37. The Balaban J connectivity index is 1.42. The van der Waals surface area contributed by atoms with Gasteiger partial charge in [-0.25, -0.2) is 19.3 Å². The number of pyridine rings is 1. The maximum atomic E-state index is 13.4. The van der Waals surface area contributed by atoms with Crippen molar-refractivity contribution in [3.8, 4) is 17.1 Å². The molecule has 3 aromatic heterocycles. The zero-order valence-electron chi connectivity index (χ0n) is 17.4. The number of carbonyl (C=O) groups excluding carboxylic acids is 1. The third-order valence-corrected chi connectivity index (χ3v) is 4.98. The Morgan fingerprint density at radius 1 is 0.970 bits per heavy atom. The summed E-state index contributed by atoms with van der Waals surface area (Å²) in [5, 5.41) is 2.89. The summed E-state index contributed by atoms with van der Waals surface area (Å²) in [5.41, 5.74) is 2.96. The summed E-state index contributed by atoms with van der Waals surface area (Å²) in [7, 11) is 0. The molecule has 162 valence electrons. The predicted molar refractivity (Wildman–Crippen MR) is 121 cm³/mol. The van der Waals surface area contributed by atoms with E-state index in [9.17, 15) is 9.18 Å². The highest BCUT2D eigenvalue weighted by Gasteiger charge is 2.18. The molecular formula is C25H18FN5O2. The van der Waals surface area contributed by atoms with Crippen LogP contribution in [-0.2, 0) is 6.61 Å². The molecule has 0 unspecified atom stereocenters. The summed E-state index contributed by atoms with van der Waals surface area (Å²) < 4.78 is 20.9. The van der Waals surface area contributed by atoms with E-state index >= 15 is 0 Å². The van der Waals surface area contributed by atoms with Crippen molar-refractivity contribution >= 4 is 17.4 Å². The first-order valence-corrected chi connectivity index (χ1v) is 10.2. The Hall–Kier alpha value is -4.59. The minimum Gasteiger partial charge on any atom is -0.473 e. The normalized spacial score (nSPS) is 10.8. The molecule has 0 saturated heterocycles. The Kier molecular flexibility index (Phi) is 5.47. The van der Waals surface area contributed by atoms with Gasteiger partial charge < -0.3 is 10.1 Å². The first kappa shape index (κ1) is 20.3. The van der Waals surface area contributed by atoms with Crippen LogP contribution in [0.3, 0.4) is 0 Å². The number of nitrogens with zero attached hydrogens (tertiary/aromatic N) is 4. The molecule has 0 aliphatic rings. The van der Waals surface area contributed by atoms with E-state index in [1.165, 1.54) is 24.5 Å². The summed E-state index contributed by atoms with van der Waals surface area (Å²) in [6.07, 6.45) is 3.07. The Bertz CT molecular complexity index is 1420. The van der Waals surface area contributed by atoms with Crippen LogP contribution in [0.5, 0.6) is 5.88 Å². The average Bonchev–Trinajstić information content (AvgIpc) is 3.22. The van der Waals surface area contributed by atoms with Crippen molar-refractivity contribution in [2.45, 2.75) is 6.61 Å². The molecule has 0 bridgehead atoms. The van der Waals surface area contributed by atoms with Gasteiger partial charge in [0.2, 0.25) is 5.88 Å². The van der Waals surface area contributed by atoms with Gasteiger partial charge in [0, 0.05) is 17.8 Å². The van der Waals surface area contributed by atoms with E-state index < -0.39 is 5.91 Å². The fraction of sp³-hybridized carbons (Fsp3) is 0.0400. The second-order valence-electron chi connectivity index (χ2n) is 7.21. The number of nitrogens with one attached hydrogen (secondary N) is 1. The number of anilines is 1. The van der Waals surface area contributed by atoms with Gasteiger partial charge in [0.05, 0.1) is 0 Å². The van der Waals surface area contributed by atoms with E-state index in [0.717, 1.165) is 5.56 Å². The molecule has 33 heavy (non-hydrogen) atoms. The minimum absolute atomic E-state index is 0.143. The van der Waals surface area contributed by atoms with Gasteiger partial charge in [0.1, 0.15) is 41.6 Å². The average molecular weight is 439 g/mol. The highest BCUT2D eigenvalue weighted by atomic mass is 19.1. The molecule has 1 N–H and O–H groups in total. The number of benzene rings is 2. The Morgan fingerprint density at radius 2 is 1.76 bits per heavy atom. The third kappa shape index (κ3) is 4.40. The summed E-state index contributed by atoms with van der Waals surface area (Å²) in [6.45, 7) is 0.320. The minimum atomic E-state index is -0.448. The lowest BCUT2D eigenvalue weighted by molar-refractivity contribution is 0.102. The van der Waals surface area contributed by atoms with E-state index in [1.54, 1.807) is 22.7 Å². The van der Waals surface area contributed by atoms with Crippen molar-refractivity contribution in [2.75, 3.05) is 5.32 Å². The van der Waals surface area contributed by atoms with Gasteiger partial charge in [-0.3, -0.25) is 9.20 Å². The summed E-state index contributed by atoms with van der Waals surface area (Å²) in [5.74, 6) is -0.0587. The van der Waals surface area contributed by atoms with Gasteiger partial charge in [-0.15, -0.1) is 0 Å². The van der Waals surface area contributed by atoms with Crippen molar-refractivity contribution in [3.63, 3.8) is 0 Å². The van der Waals surface area contributed by atoms with Crippen LogP contribution in [0.25, 0.3) is 16.9 Å². The van der Waals surface area contributed by atoms with Crippen LogP contribution in [-0.4, -0.2) is 25.3 Å². The van der Waals surface area contributed by atoms with Gasteiger partial charge in [0.15, 0.2) is 0 Å². The number of halogens is 1. The number of hydrogen-bond acceptors (Lipinski definition) is 5. The molecule has 0 atom stereocenters. The van der Waals surface area contributed by atoms with Crippen molar-refractivity contribution in [3.05, 3.63) is 108 Å². The number of amides is 1. The summed E-state index contributed by atoms with van der Waals surface area (Å²) in [6, 6.07) is 22.6. The number of rotatable bonds is 6.